The lowest BCUT2D eigenvalue weighted by molar-refractivity contribution is 0.660. The Labute approximate surface area is 419 Å². The van der Waals surface area contributed by atoms with Crippen LogP contribution >= 0.6 is 0 Å². The average molecular weight is 920 g/mol. The highest BCUT2D eigenvalue weighted by molar-refractivity contribution is 6.16. The number of nitrogens with zero attached hydrogens (tertiary/aromatic N) is 3. The maximum absolute atomic E-state index is 2.46. The van der Waals surface area contributed by atoms with Crippen molar-refractivity contribution in [3.8, 4) is 55.9 Å². The number of aromatic nitrogens is 2. The van der Waals surface area contributed by atoms with Crippen molar-refractivity contribution >= 4 is 60.7 Å². The van der Waals surface area contributed by atoms with Gasteiger partial charge in [-0.25, -0.2) is 0 Å². The Balaban J connectivity index is 0.857. The molecule has 0 fully saturated rings. The first-order chi connectivity index (χ1) is 35.5. The molecule has 11 aromatic carbocycles. The summed E-state index contributed by atoms with van der Waals surface area (Å²) in [6, 6.07) is 95.7. The summed E-state index contributed by atoms with van der Waals surface area (Å²) in [4.78, 5) is 2.46. The lowest BCUT2D eigenvalue weighted by Crippen LogP contribution is -2.16. The van der Waals surface area contributed by atoms with Crippen LogP contribution in [0.5, 0.6) is 0 Å². The molecule has 0 atom stereocenters. The van der Waals surface area contributed by atoms with Crippen molar-refractivity contribution in [3.05, 3.63) is 272 Å². The van der Waals surface area contributed by atoms with Gasteiger partial charge in [-0.15, -0.1) is 0 Å². The van der Waals surface area contributed by atoms with Crippen LogP contribution in [0.4, 0.5) is 17.1 Å². The summed E-state index contributed by atoms with van der Waals surface area (Å²) in [6.45, 7) is 4.72. The molecule has 0 saturated heterocycles. The van der Waals surface area contributed by atoms with Crippen molar-refractivity contribution in [2.45, 2.75) is 19.3 Å². The van der Waals surface area contributed by atoms with Gasteiger partial charge in [-0.1, -0.05) is 190 Å². The van der Waals surface area contributed by atoms with E-state index in [0.717, 1.165) is 22.7 Å². The molecule has 1 aliphatic rings. The Morgan fingerprint density at radius 1 is 0.319 bits per heavy atom. The zero-order valence-corrected chi connectivity index (χ0v) is 40.2. The first-order valence-corrected chi connectivity index (χ1v) is 25.0. The molecule has 13 aromatic rings. The van der Waals surface area contributed by atoms with E-state index in [-0.39, 0.29) is 5.41 Å². The van der Waals surface area contributed by atoms with E-state index < -0.39 is 0 Å². The largest absolute Gasteiger partial charge is 0.310 e. The molecular weight excluding hydrogens is 871 g/mol. The molecule has 0 unspecified atom stereocenters. The number of para-hydroxylation sites is 3. The predicted molar refractivity (Wildman–Crippen MR) is 304 cm³/mol. The molecule has 2 aromatic heterocycles. The van der Waals surface area contributed by atoms with Crippen molar-refractivity contribution in [3.63, 3.8) is 0 Å². The summed E-state index contributed by atoms with van der Waals surface area (Å²) in [5, 5.41) is 5.02. The third-order valence-electron chi connectivity index (χ3n) is 15.3. The molecule has 0 N–H and O–H groups in total. The average Bonchev–Trinajstić information content (AvgIpc) is 4.05. The lowest BCUT2D eigenvalue weighted by atomic mass is 9.82. The van der Waals surface area contributed by atoms with Gasteiger partial charge in [0.2, 0.25) is 0 Å². The van der Waals surface area contributed by atoms with E-state index in [0.29, 0.717) is 0 Å². The summed E-state index contributed by atoms with van der Waals surface area (Å²) in [6.07, 6.45) is 0. The summed E-state index contributed by atoms with van der Waals surface area (Å²) in [7, 11) is 0. The van der Waals surface area contributed by atoms with Crippen LogP contribution < -0.4 is 4.90 Å². The van der Waals surface area contributed by atoms with Gasteiger partial charge in [-0.3, -0.25) is 0 Å². The Morgan fingerprint density at radius 3 is 1.54 bits per heavy atom. The highest BCUT2D eigenvalue weighted by Gasteiger charge is 2.37. The topological polar surface area (TPSA) is 13.1 Å². The van der Waals surface area contributed by atoms with Crippen LogP contribution in [0, 0.1) is 0 Å². The SMILES string of the molecule is CC1(C)c2ccccc2-c2c(N(c3ccc(-c4ccc(-n5c6ccccc6c6cc(-c7ccccc7)ccc65)cc4)cc3)c3ccc(-c4cccc5c4c4ccccc4n5-c4ccccc4)cc3)cccc21. The van der Waals surface area contributed by atoms with Crippen molar-refractivity contribution in [1.82, 2.24) is 9.13 Å². The molecule has 14 rings (SSSR count). The molecule has 0 saturated carbocycles. The van der Waals surface area contributed by atoms with Crippen molar-refractivity contribution in [2.24, 2.45) is 0 Å². The third-order valence-corrected chi connectivity index (χ3v) is 15.3. The maximum atomic E-state index is 2.46. The molecule has 0 spiro atoms. The van der Waals surface area contributed by atoms with Gasteiger partial charge in [0.05, 0.1) is 27.8 Å². The Hall–Kier alpha value is -9.18. The van der Waals surface area contributed by atoms with Crippen molar-refractivity contribution in [1.29, 1.82) is 0 Å². The zero-order chi connectivity index (χ0) is 47.9. The monoisotopic (exact) mass is 919 g/mol. The summed E-state index contributed by atoms with van der Waals surface area (Å²) < 4.78 is 4.79. The zero-order valence-electron chi connectivity index (χ0n) is 40.2. The molecule has 3 nitrogen and oxygen atoms in total. The van der Waals surface area contributed by atoms with Crippen LogP contribution in [0.1, 0.15) is 25.0 Å². The Bertz CT molecular complexity index is 4200. The number of fused-ring (bicyclic) bond motifs is 9. The van der Waals surface area contributed by atoms with Gasteiger partial charge in [0, 0.05) is 55.3 Å². The van der Waals surface area contributed by atoms with Crippen LogP contribution in [0.15, 0.2) is 261 Å². The summed E-state index contributed by atoms with van der Waals surface area (Å²) >= 11 is 0. The maximum Gasteiger partial charge on any atom is 0.0547 e. The smallest absolute Gasteiger partial charge is 0.0547 e. The molecule has 340 valence electrons. The fourth-order valence-corrected chi connectivity index (χ4v) is 11.9. The van der Waals surface area contributed by atoms with Gasteiger partial charge in [0.25, 0.3) is 0 Å². The minimum Gasteiger partial charge on any atom is -0.310 e. The molecule has 72 heavy (non-hydrogen) atoms. The molecular formula is C69H49N3. The molecule has 2 heterocycles. The minimum atomic E-state index is -0.130. The number of hydrogen-bond donors (Lipinski definition) is 0. The quantitative estimate of drug-likeness (QED) is 0.148. The Kier molecular flexibility index (Phi) is 9.56. The highest BCUT2D eigenvalue weighted by Crippen LogP contribution is 2.54. The fourth-order valence-electron chi connectivity index (χ4n) is 11.9. The number of anilines is 3. The van der Waals surface area contributed by atoms with Gasteiger partial charge in [0.1, 0.15) is 0 Å². The number of hydrogen-bond acceptors (Lipinski definition) is 1. The summed E-state index contributed by atoms with van der Waals surface area (Å²) in [5.74, 6) is 0. The highest BCUT2D eigenvalue weighted by atomic mass is 15.1. The van der Waals surface area contributed by atoms with Gasteiger partial charge < -0.3 is 14.0 Å². The van der Waals surface area contributed by atoms with Gasteiger partial charge in [-0.2, -0.15) is 0 Å². The van der Waals surface area contributed by atoms with E-state index in [9.17, 15) is 0 Å². The first-order valence-electron chi connectivity index (χ1n) is 25.0. The van der Waals surface area contributed by atoms with E-state index in [1.54, 1.807) is 0 Å². The van der Waals surface area contributed by atoms with E-state index in [4.69, 9.17) is 0 Å². The molecule has 0 aliphatic heterocycles. The normalized spacial score (nSPS) is 12.7. The van der Waals surface area contributed by atoms with E-state index in [1.807, 2.05) is 0 Å². The van der Waals surface area contributed by atoms with Crippen LogP contribution in [0.3, 0.4) is 0 Å². The van der Waals surface area contributed by atoms with Crippen molar-refractivity contribution in [2.75, 3.05) is 4.90 Å². The van der Waals surface area contributed by atoms with Gasteiger partial charge in [-0.05, 0) is 135 Å². The molecule has 0 radical (unpaired) electrons. The van der Waals surface area contributed by atoms with E-state index in [2.05, 4.69) is 289 Å². The minimum absolute atomic E-state index is 0.130. The predicted octanol–water partition coefficient (Wildman–Crippen LogP) is 18.7. The molecule has 0 bridgehead atoms. The number of benzene rings is 11. The second kappa shape index (κ2) is 16.5. The molecule has 0 amide bonds. The van der Waals surface area contributed by atoms with Crippen molar-refractivity contribution < 1.29 is 0 Å². The number of rotatable bonds is 8. The standard InChI is InChI=1S/C69H49N3/c1-69(2)60-25-12-9-22-57(60)68-61(69)26-16-30-66(68)70(53-42-35-49(36-43-53)55-24-15-29-65-67(55)58-23-11-14-28-63(58)72(65)51-19-7-4-8-20-51)52-38-31-47(32-39-52)48-33-40-54(41-34-48)71-62-27-13-10-21-56(62)59-45-50(37-44-64(59)71)46-17-5-3-6-18-46/h3-45H,1-2H3. The Morgan fingerprint density at radius 2 is 0.806 bits per heavy atom. The van der Waals surface area contributed by atoms with Gasteiger partial charge >= 0.3 is 0 Å². The summed E-state index contributed by atoms with van der Waals surface area (Å²) in [5.41, 5.74) is 22.9. The van der Waals surface area contributed by atoms with E-state index in [1.165, 1.54) is 105 Å². The van der Waals surface area contributed by atoms with Crippen LogP contribution in [-0.2, 0) is 5.41 Å². The van der Waals surface area contributed by atoms with E-state index >= 15 is 0 Å². The second-order valence-corrected chi connectivity index (χ2v) is 19.7. The third kappa shape index (κ3) is 6.51. The van der Waals surface area contributed by atoms with Crippen LogP contribution in [0.25, 0.3) is 99.5 Å². The molecule has 1 aliphatic carbocycles. The van der Waals surface area contributed by atoms with Gasteiger partial charge in [0.15, 0.2) is 0 Å². The lowest BCUT2D eigenvalue weighted by Gasteiger charge is -2.29. The fraction of sp³-hybridized carbons (Fsp3) is 0.0435. The molecule has 3 heteroatoms. The second-order valence-electron chi connectivity index (χ2n) is 19.7. The van der Waals surface area contributed by atoms with Crippen LogP contribution in [-0.4, -0.2) is 9.13 Å². The van der Waals surface area contributed by atoms with Crippen LogP contribution in [0.2, 0.25) is 0 Å². The first kappa shape index (κ1) is 41.8.